The number of hydrogen-bond acceptors (Lipinski definition) is 9. The number of sulfone groups is 1. The maximum Gasteiger partial charge on any atom is 0.317 e. The zero-order chi connectivity index (χ0) is 27.5. The molecule has 6 rings (SSSR count). The molecule has 1 amide bonds. The molecule has 39 heavy (non-hydrogen) atoms. The quantitative estimate of drug-likeness (QED) is 0.382. The Labute approximate surface area is 224 Å². The zero-order valence-electron chi connectivity index (χ0n) is 21.7. The van der Waals surface area contributed by atoms with Crippen molar-refractivity contribution in [3.8, 4) is 6.01 Å². The summed E-state index contributed by atoms with van der Waals surface area (Å²) in [4.78, 5) is 24.6. The first kappa shape index (κ1) is 25.4. The first-order valence-electron chi connectivity index (χ1n) is 12.7. The molecule has 0 radical (unpaired) electrons. The van der Waals surface area contributed by atoms with Gasteiger partial charge in [-0.15, -0.1) is 0 Å². The molecule has 13 heteroatoms. The van der Waals surface area contributed by atoms with E-state index in [0.717, 1.165) is 18.8 Å². The average molecular weight is 554 g/mol. The predicted octanol–water partition coefficient (Wildman–Crippen LogP) is 2.27. The molecule has 2 fully saturated rings. The van der Waals surface area contributed by atoms with E-state index in [-0.39, 0.29) is 46.4 Å². The van der Waals surface area contributed by atoms with Crippen molar-refractivity contribution in [3.05, 3.63) is 48.0 Å². The number of amides is 1. The Balaban J connectivity index is 1.38. The van der Waals surface area contributed by atoms with Crippen molar-refractivity contribution in [2.45, 2.75) is 32.0 Å². The van der Waals surface area contributed by atoms with Gasteiger partial charge in [-0.2, -0.15) is 10.1 Å². The third kappa shape index (κ3) is 4.99. The molecule has 2 aliphatic heterocycles. The fraction of sp³-hybridized carbons (Fsp3) is 0.385. The van der Waals surface area contributed by atoms with Crippen molar-refractivity contribution < 1.29 is 22.3 Å². The van der Waals surface area contributed by atoms with Gasteiger partial charge in [0.1, 0.15) is 11.6 Å². The smallest absolute Gasteiger partial charge is 0.317 e. The summed E-state index contributed by atoms with van der Waals surface area (Å²) in [6.45, 7) is 5.74. The number of carbonyl (C=O) groups is 1. The molecule has 2 aliphatic rings. The topological polar surface area (TPSA) is 131 Å². The molecular weight excluding hydrogens is 525 g/mol. The Morgan fingerprint density at radius 1 is 1.15 bits per heavy atom. The Bertz CT molecular complexity index is 1700. The molecule has 4 heterocycles. The van der Waals surface area contributed by atoms with Crippen LogP contribution in [0.15, 0.2) is 36.7 Å². The van der Waals surface area contributed by atoms with Gasteiger partial charge in [0.05, 0.1) is 22.6 Å². The highest BCUT2D eigenvalue weighted by Gasteiger charge is 2.36. The second-order valence-corrected chi connectivity index (χ2v) is 12.5. The number of nitrogens with one attached hydrogen (secondary N) is 2. The van der Waals surface area contributed by atoms with E-state index >= 15 is 0 Å². The van der Waals surface area contributed by atoms with Crippen LogP contribution in [0.25, 0.3) is 21.8 Å². The Hall–Kier alpha value is -3.84. The van der Waals surface area contributed by atoms with Crippen LogP contribution in [0.4, 0.5) is 15.8 Å². The maximum absolute atomic E-state index is 14.6. The number of fused-ring (bicyclic) bond motifs is 2. The monoisotopic (exact) mass is 553 g/mol. The third-order valence-corrected chi connectivity index (χ3v) is 8.69. The van der Waals surface area contributed by atoms with E-state index in [0.29, 0.717) is 16.3 Å². The van der Waals surface area contributed by atoms with Gasteiger partial charge >= 0.3 is 6.01 Å². The van der Waals surface area contributed by atoms with Crippen LogP contribution in [0.1, 0.15) is 24.2 Å². The molecule has 0 spiro atoms. The summed E-state index contributed by atoms with van der Waals surface area (Å²) in [6.07, 6.45) is 2.75. The molecule has 2 saturated heterocycles. The summed E-state index contributed by atoms with van der Waals surface area (Å²) in [5, 5.41) is 11.6. The average Bonchev–Trinajstić information content (AvgIpc) is 3.22. The van der Waals surface area contributed by atoms with E-state index in [2.05, 4.69) is 44.4 Å². The van der Waals surface area contributed by atoms with Crippen molar-refractivity contribution in [3.63, 3.8) is 0 Å². The van der Waals surface area contributed by atoms with E-state index in [1.807, 2.05) is 6.07 Å². The first-order chi connectivity index (χ1) is 18.5. The molecule has 204 valence electrons. The highest BCUT2D eigenvalue weighted by atomic mass is 32.2. The van der Waals surface area contributed by atoms with Gasteiger partial charge < -0.3 is 20.3 Å². The number of anilines is 2. The molecule has 0 aliphatic carbocycles. The van der Waals surface area contributed by atoms with Crippen molar-refractivity contribution in [2.24, 2.45) is 7.05 Å². The third-order valence-electron chi connectivity index (χ3n) is 6.93. The standard InChI is InChI=1S/C26H28FN7O4S/c1-14-9-34(10-15(2)29-14)22-5-4-19(24-20(22)8-28-26(31-24)38-18-12-39(36,37)13-18)25(35)30-17-6-16-11-33(3)32-23(16)21(27)7-17/h4-8,11,14-15,18,29H,9-10,12-13H2,1-3H3,(H,30,35). The summed E-state index contributed by atoms with van der Waals surface area (Å²) in [5.74, 6) is -1.22. The van der Waals surface area contributed by atoms with Crippen LogP contribution in [-0.4, -0.2) is 76.9 Å². The number of piperazine rings is 1. The number of ether oxygens (including phenoxy) is 1. The van der Waals surface area contributed by atoms with Crippen LogP contribution in [0, 0.1) is 5.82 Å². The van der Waals surface area contributed by atoms with Crippen molar-refractivity contribution in [1.82, 2.24) is 25.1 Å². The number of aryl methyl sites for hydroxylation is 1. The number of halogens is 1. The van der Waals surface area contributed by atoms with Gasteiger partial charge in [-0.3, -0.25) is 9.48 Å². The van der Waals surface area contributed by atoms with Gasteiger partial charge in [-0.25, -0.2) is 17.8 Å². The number of rotatable bonds is 5. The molecule has 2 N–H and O–H groups in total. The molecule has 0 bridgehead atoms. The fourth-order valence-electron chi connectivity index (χ4n) is 5.35. The molecule has 2 unspecified atom stereocenters. The lowest BCUT2D eigenvalue weighted by Crippen LogP contribution is -2.54. The number of nitrogens with zero attached hydrogens (tertiary/aromatic N) is 5. The maximum atomic E-state index is 14.6. The van der Waals surface area contributed by atoms with E-state index < -0.39 is 27.7 Å². The lowest BCUT2D eigenvalue weighted by atomic mass is 10.0. The van der Waals surface area contributed by atoms with E-state index in [4.69, 9.17) is 4.74 Å². The van der Waals surface area contributed by atoms with Crippen LogP contribution < -0.4 is 20.3 Å². The lowest BCUT2D eigenvalue weighted by molar-refractivity contribution is 0.102. The minimum absolute atomic E-state index is 0.00142. The lowest BCUT2D eigenvalue weighted by Gasteiger charge is -2.38. The number of benzene rings is 2. The molecule has 0 saturated carbocycles. The van der Waals surface area contributed by atoms with Crippen molar-refractivity contribution >= 4 is 48.9 Å². The molecule has 2 atom stereocenters. The summed E-state index contributed by atoms with van der Waals surface area (Å²) in [5.41, 5.74) is 1.99. The van der Waals surface area contributed by atoms with Crippen LogP contribution in [-0.2, 0) is 16.9 Å². The SMILES string of the molecule is CC1CN(c2ccc(C(=O)Nc3cc(F)c4nn(C)cc4c3)c3nc(OC4CS(=O)(=O)C4)ncc23)CC(C)N1. The second kappa shape index (κ2) is 9.42. The van der Waals surface area contributed by atoms with Gasteiger partial charge in [0, 0.05) is 66.8 Å². The Kier molecular flexibility index (Phi) is 6.14. The van der Waals surface area contributed by atoms with Gasteiger partial charge in [0.25, 0.3) is 5.91 Å². The van der Waals surface area contributed by atoms with E-state index in [1.165, 1.54) is 10.7 Å². The highest BCUT2D eigenvalue weighted by molar-refractivity contribution is 7.92. The zero-order valence-corrected chi connectivity index (χ0v) is 22.5. The normalized spacial score (nSPS) is 21.2. The number of carbonyl (C=O) groups excluding carboxylic acids is 1. The Morgan fingerprint density at radius 3 is 2.62 bits per heavy atom. The van der Waals surface area contributed by atoms with E-state index in [1.54, 1.807) is 31.6 Å². The van der Waals surface area contributed by atoms with Gasteiger partial charge in [0.15, 0.2) is 15.7 Å². The minimum atomic E-state index is -3.09. The van der Waals surface area contributed by atoms with Gasteiger partial charge in [0.2, 0.25) is 0 Å². The minimum Gasteiger partial charge on any atom is -0.458 e. The molecule has 4 aromatic rings. The van der Waals surface area contributed by atoms with Crippen molar-refractivity contribution in [2.75, 3.05) is 34.8 Å². The Morgan fingerprint density at radius 2 is 1.90 bits per heavy atom. The first-order valence-corrected chi connectivity index (χ1v) is 14.5. The molecule has 2 aromatic heterocycles. The van der Waals surface area contributed by atoms with E-state index in [9.17, 15) is 17.6 Å². The van der Waals surface area contributed by atoms with Crippen LogP contribution in [0.2, 0.25) is 0 Å². The van der Waals surface area contributed by atoms with Crippen LogP contribution in [0.3, 0.4) is 0 Å². The largest absolute Gasteiger partial charge is 0.458 e. The number of hydrogen-bond donors (Lipinski definition) is 2. The summed E-state index contributed by atoms with van der Waals surface area (Å²) in [6, 6.07) is 6.96. The van der Waals surface area contributed by atoms with Crippen LogP contribution in [0.5, 0.6) is 6.01 Å². The highest BCUT2D eigenvalue weighted by Crippen LogP contribution is 2.32. The summed E-state index contributed by atoms with van der Waals surface area (Å²) >= 11 is 0. The fourth-order valence-corrected chi connectivity index (χ4v) is 6.52. The van der Waals surface area contributed by atoms with Gasteiger partial charge in [-0.1, -0.05) is 0 Å². The summed E-state index contributed by atoms with van der Waals surface area (Å²) < 4.78 is 45.0. The second-order valence-electron chi connectivity index (χ2n) is 10.4. The molecule has 2 aromatic carbocycles. The van der Waals surface area contributed by atoms with Crippen molar-refractivity contribution in [1.29, 1.82) is 0 Å². The molecule has 11 nitrogen and oxygen atoms in total. The number of aromatic nitrogens is 4. The summed E-state index contributed by atoms with van der Waals surface area (Å²) in [7, 11) is -1.39. The van der Waals surface area contributed by atoms with Crippen LogP contribution >= 0.6 is 0 Å². The van der Waals surface area contributed by atoms with Gasteiger partial charge in [-0.05, 0) is 38.1 Å². The predicted molar refractivity (Wildman–Crippen MR) is 146 cm³/mol. The molecular formula is C26H28FN7O4S.